The van der Waals surface area contributed by atoms with Crippen LogP contribution in [0.1, 0.15) is 28.8 Å². The zero-order valence-corrected chi connectivity index (χ0v) is 13.8. The quantitative estimate of drug-likeness (QED) is 0.912. The minimum absolute atomic E-state index is 0.199. The van der Waals surface area contributed by atoms with E-state index in [2.05, 4.69) is 0 Å². The van der Waals surface area contributed by atoms with E-state index in [1.807, 2.05) is 16.7 Å². The molecule has 0 saturated carbocycles. The number of amides is 1. The summed E-state index contributed by atoms with van der Waals surface area (Å²) in [7, 11) is 0. The number of carbonyl (C=O) groups excluding carboxylic acids is 1. The average Bonchev–Trinajstić information content (AvgIpc) is 2.59. The van der Waals surface area contributed by atoms with Gasteiger partial charge in [-0.05, 0) is 30.5 Å². The summed E-state index contributed by atoms with van der Waals surface area (Å²) in [6.45, 7) is 2.31. The first-order valence-electron chi connectivity index (χ1n) is 7.96. The number of rotatable bonds is 4. The van der Waals surface area contributed by atoms with E-state index in [1.54, 1.807) is 24.3 Å². The Morgan fingerprint density at radius 2 is 2.09 bits per heavy atom. The summed E-state index contributed by atoms with van der Waals surface area (Å²) in [5.74, 6) is 0.248. The third-order valence-electron chi connectivity index (χ3n) is 4.48. The van der Waals surface area contributed by atoms with Gasteiger partial charge in [-0.2, -0.15) is 11.8 Å². The first kappa shape index (κ1) is 16.3. The van der Waals surface area contributed by atoms with Crippen LogP contribution < -0.4 is 0 Å². The third kappa shape index (κ3) is 3.87. The van der Waals surface area contributed by atoms with Gasteiger partial charge in [-0.3, -0.25) is 4.79 Å². The van der Waals surface area contributed by atoms with E-state index in [1.165, 1.54) is 0 Å². The summed E-state index contributed by atoms with van der Waals surface area (Å²) in [5.41, 5.74) is 1.27. The van der Waals surface area contributed by atoms with Gasteiger partial charge >= 0.3 is 5.97 Å². The highest BCUT2D eigenvalue weighted by atomic mass is 32.2. The largest absolute Gasteiger partial charge is 0.478 e. The van der Waals surface area contributed by atoms with Crippen LogP contribution >= 0.6 is 11.8 Å². The summed E-state index contributed by atoms with van der Waals surface area (Å²) in [4.78, 5) is 25.5. The fraction of sp³-hybridized carbons (Fsp3) is 0.529. The molecule has 2 aliphatic rings. The van der Waals surface area contributed by atoms with Gasteiger partial charge in [-0.25, -0.2) is 4.79 Å². The molecule has 2 fully saturated rings. The molecule has 1 N–H and O–H groups in total. The molecular weight excluding hydrogens is 314 g/mol. The van der Waals surface area contributed by atoms with Crippen LogP contribution in [0, 0.1) is 0 Å². The molecule has 2 saturated heterocycles. The molecule has 23 heavy (non-hydrogen) atoms. The summed E-state index contributed by atoms with van der Waals surface area (Å²) < 4.78 is 5.52. The number of hydrogen-bond donors (Lipinski definition) is 1. The lowest BCUT2D eigenvalue weighted by Crippen LogP contribution is -2.54. The van der Waals surface area contributed by atoms with Gasteiger partial charge in [0, 0.05) is 36.6 Å². The number of aromatic carboxylic acids is 1. The van der Waals surface area contributed by atoms with Crippen molar-refractivity contribution in [1.82, 2.24) is 4.90 Å². The lowest BCUT2D eigenvalue weighted by atomic mass is 10.0. The Balaban J connectivity index is 1.57. The van der Waals surface area contributed by atoms with Crippen LogP contribution in [0.3, 0.4) is 0 Å². The van der Waals surface area contributed by atoms with Crippen molar-refractivity contribution < 1.29 is 19.4 Å². The fourth-order valence-corrected chi connectivity index (χ4v) is 4.51. The first-order chi connectivity index (χ1) is 11.1. The summed E-state index contributed by atoms with van der Waals surface area (Å²) in [6.07, 6.45) is 2.05. The number of carboxylic acids is 1. The predicted octanol–water partition coefficient (Wildman–Crippen LogP) is 2.05. The number of nitrogens with zero attached hydrogens (tertiary/aromatic N) is 1. The highest BCUT2D eigenvalue weighted by Crippen LogP contribution is 2.30. The van der Waals surface area contributed by atoms with Crippen LogP contribution in [0.5, 0.6) is 0 Å². The normalized spacial score (nSPS) is 24.1. The predicted molar refractivity (Wildman–Crippen MR) is 88.9 cm³/mol. The molecule has 0 bridgehead atoms. The Labute approximate surface area is 140 Å². The molecule has 2 unspecified atom stereocenters. The molecule has 5 nitrogen and oxygen atoms in total. The van der Waals surface area contributed by atoms with Crippen molar-refractivity contribution in [2.75, 3.05) is 25.5 Å². The minimum atomic E-state index is -0.927. The molecule has 0 aliphatic carbocycles. The molecule has 3 rings (SSSR count). The van der Waals surface area contributed by atoms with Gasteiger partial charge in [-0.15, -0.1) is 0 Å². The molecule has 6 heteroatoms. The second kappa shape index (κ2) is 7.36. The van der Waals surface area contributed by atoms with Crippen LogP contribution in [0.15, 0.2) is 24.3 Å². The minimum Gasteiger partial charge on any atom is -0.478 e. The Hall–Kier alpha value is -1.53. The molecule has 2 aliphatic heterocycles. The molecular formula is C17H21NO4S. The van der Waals surface area contributed by atoms with Gasteiger partial charge in [0.2, 0.25) is 5.91 Å². The molecule has 124 valence electrons. The molecule has 2 atom stereocenters. The monoisotopic (exact) mass is 335 g/mol. The Bertz CT molecular complexity index is 572. The van der Waals surface area contributed by atoms with Crippen LogP contribution in [0.2, 0.25) is 0 Å². The molecule has 1 aromatic rings. The topological polar surface area (TPSA) is 66.8 Å². The van der Waals surface area contributed by atoms with Gasteiger partial charge in [0.25, 0.3) is 0 Å². The third-order valence-corrected chi connectivity index (χ3v) is 5.78. The van der Waals surface area contributed by atoms with Crippen molar-refractivity contribution in [2.45, 2.75) is 30.6 Å². The molecule has 1 amide bonds. The number of carbonyl (C=O) groups is 2. The van der Waals surface area contributed by atoms with Gasteiger partial charge in [0.05, 0.1) is 12.2 Å². The fourth-order valence-electron chi connectivity index (χ4n) is 3.20. The number of fused-ring (bicyclic) bond motifs is 1. The standard InChI is InChI=1S/C17H21NO4S/c19-16(6-3-12-1-4-13(5-2-12)17(20)21)18-8-10-23-15-11-22-9-7-14(15)18/h1-2,4-5,14-15H,3,6-11H2,(H,20,21). The zero-order valence-electron chi connectivity index (χ0n) is 12.9. The number of benzene rings is 1. The van der Waals surface area contributed by atoms with Gasteiger partial charge in [-0.1, -0.05) is 12.1 Å². The second-order valence-electron chi connectivity index (χ2n) is 5.93. The molecule has 1 aromatic carbocycles. The van der Waals surface area contributed by atoms with Crippen LogP contribution in [-0.2, 0) is 16.0 Å². The van der Waals surface area contributed by atoms with E-state index in [0.717, 1.165) is 37.5 Å². The van der Waals surface area contributed by atoms with Gasteiger partial charge in [0.15, 0.2) is 0 Å². The smallest absolute Gasteiger partial charge is 0.335 e. The Morgan fingerprint density at radius 3 is 2.83 bits per heavy atom. The number of aryl methyl sites for hydroxylation is 1. The number of hydrogen-bond acceptors (Lipinski definition) is 4. The van der Waals surface area contributed by atoms with Crippen LogP contribution in [-0.4, -0.2) is 58.7 Å². The number of thioether (sulfide) groups is 1. The van der Waals surface area contributed by atoms with Crippen molar-refractivity contribution in [3.05, 3.63) is 35.4 Å². The van der Waals surface area contributed by atoms with Crippen molar-refractivity contribution in [2.24, 2.45) is 0 Å². The van der Waals surface area contributed by atoms with Gasteiger partial charge < -0.3 is 14.7 Å². The summed E-state index contributed by atoms with van der Waals surface area (Å²) in [6, 6.07) is 7.08. The van der Waals surface area contributed by atoms with E-state index < -0.39 is 5.97 Å². The maximum absolute atomic E-state index is 12.6. The maximum atomic E-state index is 12.6. The Kier molecular flexibility index (Phi) is 5.23. The molecule has 0 radical (unpaired) electrons. The van der Waals surface area contributed by atoms with E-state index in [0.29, 0.717) is 24.1 Å². The van der Waals surface area contributed by atoms with Crippen molar-refractivity contribution in [3.63, 3.8) is 0 Å². The number of carboxylic acid groups (broad SMARTS) is 1. The summed E-state index contributed by atoms with van der Waals surface area (Å²) in [5, 5.41) is 9.31. The van der Waals surface area contributed by atoms with E-state index in [-0.39, 0.29) is 11.5 Å². The van der Waals surface area contributed by atoms with Crippen LogP contribution in [0.25, 0.3) is 0 Å². The average molecular weight is 335 g/mol. The molecule has 0 aromatic heterocycles. The lowest BCUT2D eigenvalue weighted by molar-refractivity contribution is -0.135. The Morgan fingerprint density at radius 1 is 1.30 bits per heavy atom. The van der Waals surface area contributed by atoms with Crippen molar-refractivity contribution in [3.8, 4) is 0 Å². The van der Waals surface area contributed by atoms with E-state index >= 15 is 0 Å². The lowest BCUT2D eigenvalue weighted by Gasteiger charge is -2.43. The van der Waals surface area contributed by atoms with Crippen molar-refractivity contribution in [1.29, 1.82) is 0 Å². The van der Waals surface area contributed by atoms with E-state index in [4.69, 9.17) is 9.84 Å². The number of ether oxygens (including phenoxy) is 1. The summed E-state index contributed by atoms with van der Waals surface area (Å²) >= 11 is 1.91. The highest BCUT2D eigenvalue weighted by Gasteiger charge is 2.36. The highest BCUT2D eigenvalue weighted by molar-refractivity contribution is 8.00. The van der Waals surface area contributed by atoms with E-state index in [9.17, 15) is 9.59 Å². The zero-order chi connectivity index (χ0) is 16.2. The van der Waals surface area contributed by atoms with Crippen LogP contribution in [0.4, 0.5) is 0 Å². The van der Waals surface area contributed by atoms with Crippen molar-refractivity contribution >= 4 is 23.6 Å². The molecule has 2 heterocycles. The maximum Gasteiger partial charge on any atom is 0.335 e. The van der Waals surface area contributed by atoms with Gasteiger partial charge in [0.1, 0.15) is 0 Å². The SMILES string of the molecule is O=C(O)c1ccc(CCC(=O)N2CCSC3COCCC32)cc1. The molecule has 0 spiro atoms. The first-order valence-corrected chi connectivity index (χ1v) is 9.01. The second-order valence-corrected chi connectivity index (χ2v) is 7.28.